The van der Waals surface area contributed by atoms with E-state index in [0.29, 0.717) is 0 Å². The Morgan fingerprint density at radius 1 is 1.39 bits per heavy atom. The molecule has 7 nitrogen and oxygen atoms in total. The molecule has 0 spiro atoms. The number of amides is 1. The molecule has 0 unspecified atom stereocenters. The third-order valence-corrected chi connectivity index (χ3v) is 1.43. The van der Waals surface area contributed by atoms with Crippen LogP contribution in [-0.2, 0) is 9.53 Å². The lowest BCUT2D eigenvalue weighted by atomic mass is 10.2. The van der Waals surface area contributed by atoms with Crippen molar-refractivity contribution in [1.29, 1.82) is 0 Å². The largest absolute Gasteiger partial charge is 0.443 e. The average Bonchev–Trinajstić information content (AvgIpc) is 2.46. The van der Waals surface area contributed by atoms with Crippen molar-refractivity contribution < 1.29 is 19.1 Å². The van der Waals surface area contributed by atoms with Gasteiger partial charge in [-0.2, -0.15) is 0 Å². The lowest BCUT2D eigenvalue weighted by molar-refractivity contribution is -0.132. The molecule has 0 aliphatic rings. The monoisotopic (exact) mass is 277 g/mol. The average molecular weight is 278 g/mol. The Hall–Kier alpha value is -1.76. The smallest absolute Gasteiger partial charge is 0.427 e. The number of hydrogen-bond donors (Lipinski definition) is 1. The van der Waals surface area contributed by atoms with Crippen LogP contribution < -0.4 is 10.2 Å². The van der Waals surface area contributed by atoms with Crippen LogP contribution in [0, 0.1) is 0 Å². The van der Waals surface area contributed by atoms with Crippen molar-refractivity contribution in [2.24, 2.45) is 0 Å². The molecule has 1 N–H and O–H groups in total. The second-order valence-electron chi connectivity index (χ2n) is 4.33. The number of carbonyl (C=O) groups is 2. The van der Waals surface area contributed by atoms with E-state index in [1.807, 2.05) is 0 Å². The number of aromatic nitrogens is 2. The van der Waals surface area contributed by atoms with Crippen molar-refractivity contribution >= 4 is 24.5 Å². The van der Waals surface area contributed by atoms with Crippen LogP contribution in [-0.4, -0.2) is 27.3 Å². The summed E-state index contributed by atoms with van der Waals surface area (Å²) in [6.07, 6.45) is 2.03. The molecule has 0 saturated carbocycles. The maximum Gasteiger partial charge on any atom is 0.427 e. The van der Waals surface area contributed by atoms with Gasteiger partial charge in [0.2, 0.25) is 5.88 Å². The summed E-state index contributed by atoms with van der Waals surface area (Å²) < 4.78 is 11.0. The van der Waals surface area contributed by atoms with Crippen molar-refractivity contribution in [1.82, 2.24) is 9.66 Å². The first-order chi connectivity index (χ1) is 7.76. The van der Waals surface area contributed by atoms with Gasteiger partial charge in [-0.3, -0.25) is 4.79 Å². The summed E-state index contributed by atoms with van der Waals surface area (Å²) in [4.78, 5) is 25.8. The lowest BCUT2D eigenvalue weighted by Gasteiger charge is -2.19. The number of ether oxygens (including phenoxy) is 2. The van der Waals surface area contributed by atoms with Crippen LogP contribution in [0.3, 0.4) is 0 Å². The van der Waals surface area contributed by atoms with Gasteiger partial charge in [-0.25, -0.2) is 19.9 Å². The third kappa shape index (κ3) is 6.09. The van der Waals surface area contributed by atoms with E-state index in [-0.39, 0.29) is 18.3 Å². The molecular formula is C10H16ClN3O4. The molecule has 1 amide bonds. The first-order valence-electron chi connectivity index (χ1n) is 4.99. The lowest BCUT2D eigenvalue weighted by Crippen LogP contribution is -2.31. The molecular weight excluding hydrogens is 262 g/mol. The Labute approximate surface area is 111 Å². The van der Waals surface area contributed by atoms with Gasteiger partial charge in [0.05, 0.1) is 6.20 Å². The van der Waals surface area contributed by atoms with E-state index in [2.05, 4.69) is 10.4 Å². The zero-order valence-electron chi connectivity index (χ0n) is 10.6. The molecule has 0 bridgehead atoms. The number of carbonyl (C=O) groups excluding carboxylic acids is 2. The van der Waals surface area contributed by atoms with Gasteiger partial charge in [0.1, 0.15) is 11.9 Å². The fourth-order valence-corrected chi connectivity index (χ4v) is 0.972. The Morgan fingerprint density at radius 3 is 2.50 bits per heavy atom. The Bertz CT molecular complexity index is 425. The summed E-state index contributed by atoms with van der Waals surface area (Å²) in [7, 11) is 0. The second-order valence-corrected chi connectivity index (χ2v) is 4.33. The predicted molar refractivity (Wildman–Crippen MR) is 66.4 cm³/mol. The van der Waals surface area contributed by atoms with E-state index in [0.717, 1.165) is 0 Å². The standard InChI is InChI=1S/C10H15N3O4.ClH/c1-7(14)16-8-5-13(6-11-8)12-9(15)17-10(2,3)4;/h5-6H,1-4H3,(H,12,15);1H. The summed E-state index contributed by atoms with van der Waals surface area (Å²) in [5.41, 5.74) is 1.81. The van der Waals surface area contributed by atoms with Gasteiger partial charge in [-0.05, 0) is 20.8 Å². The van der Waals surface area contributed by atoms with E-state index in [1.165, 1.54) is 24.1 Å². The number of nitrogens with one attached hydrogen (secondary N) is 1. The van der Waals surface area contributed by atoms with Crippen molar-refractivity contribution in [3.8, 4) is 5.88 Å². The molecule has 0 fully saturated rings. The number of imidazole rings is 1. The van der Waals surface area contributed by atoms with Crippen LogP contribution in [0.2, 0.25) is 0 Å². The minimum absolute atomic E-state index is 0. The van der Waals surface area contributed by atoms with E-state index < -0.39 is 17.7 Å². The quantitative estimate of drug-likeness (QED) is 0.832. The Morgan fingerprint density at radius 2 is 2.00 bits per heavy atom. The molecule has 18 heavy (non-hydrogen) atoms. The number of rotatable bonds is 2. The maximum atomic E-state index is 11.4. The predicted octanol–water partition coefficient (Wildman–Crippen LogP) is 1.71. The minimum Gasteiger partial charge on any atom is -0.443 e. The highest BCUT2D eigenvalue weighted by Crippen LogP contribution is 2.08. The van der Waals surface area contributed by atoms with E-state index in [4.69, 9.17) is 9.47 Å². The topological polar surface area (TPSA) is 82.5 Å². The highest BCUT2D eigenvalue weighted by atomic mass is 35.5. The van der Waals surface area contributed by atoms with E-state index in [9.17, 15) is 9.59 Å². The van der Waals surface area contributed by atoms with Gasteiger partial charge in [0.15, 0.2) is 0 Å². The third-order valence-electron chi connectivity index (χ3n) is 1.43. The molecule has 0 saturated heterocycles. The molecule has 1 rings (SSSR count). The summed E-state index contributed by atoms with van der Waals surface area (Å²) >= 11 is 0. The highest BCUT2D eigenvalue weighted by Gasteiger charge is 2.16. The van der Waals surface area contributed by atoms with Crippen molar-refractivity contribution in [2.45, 2.75) is 33.3 Å². The Kier molecular flexibility index (Phi) is 5.64. The summed E-state index contributed by atoms with van der Waals surface area (Å²) in [5, 5.41) is 0. The summed E-state index contributed by atoms with van der Waals surface area (Å²) in [6, 6.07) is 0. The first kappa shape index (κ1) is 16.2. The normalized spacial score (nSPS) is 10.2. The zero-order valence-corrected chi connectivity index (χ0v) is 11.4. The van der Waals surface area contributed by atoms with Gasteiger partial charge in [0.25, 0.3) is 0 Å². The number of halogens is 1. The van der Waals surface area contributed by atoms with Crippen LogP contribution >= 0.6 is 12.4 Å². The van der Waals surface area contributed by atoms with Crippen molar-refractivity contribution in [3.63, 3.8) is 0 Å². The van der Waals surface area contributed by atoms with Gasteiger partial charge < -0.3 is 9.47 Å². The van der Waals surface area contributed by atoms with Crippen LogP contribution in [0.5, 0.6) is 5.88 Å². The van der Waals surface area contributed by atoms with Crippen LogP contribution in [0.4, 0.5) is 4.79 Å². The SMILES string of the molecule is CC(=O)Oc1cn(NC(=O)OC(C)(C)C)cn1.Cl. The van der Waals surface area contributed by atoms with Gasteiger partial charge in [-0.15, -0.1) is 12.4 Å². The van der Waals surface area contributed by atoms with Gasteiger partial charge in [0, 0.05) is 6.92 Å². The molecule has 1 aromatic rings. The zero-order chi connectivity index (χ0) is 13.1. The van der Waals surface area contributed by atoms with Crippen molar-refractivity contribution in [3.05, 3.63) is 12.5 Å². The van der Waals surface area contributed by atoms with Crippen LogP contribution in [0.1, 0.15) is 27.7 Å². The highest BCUT2D eigenvalue weighted by molar-refractivity contribution is 5.85. The fourth-order valence-electron chi connectivity index (χ4n) is 0.972. The second kappa shape index (κ2) is 6.25. The molecule has 102 valence electrons. The molecule has 0 aromatic carbocycles. The molecule has 1 aromatic heterocycles. The number of nitrogens with zero attached hydrogens (tertiary/aromatic N) is 2. The fraction of sp³-hybridized carbons (Fsp3) is 0.500. The van der Waals surface area contributed by atoms with Gasteiger partial charge >= 0.3 is 12.1 Å². The first-order valence-corrected chi connectivity index (χ1v) is 4.99. The molecule has 0 aliphatic heterocycles. The summed E-state index contributed by atoms with van der Waals surface area (Å²) in [6.45, 7) is 6.53. The van der Waals surface area contributed by atoms with Crippen molar-refractivity contribution in [2.75, 3.05) is 5.43 Å². The maximum absolute atomic E-state index is 11.4. The van der Waals surface area contributed by atoms with E-state index >= 15 is 0 Å². The van der Waals surface area contributed by atoms with Crippen LogP contribution in [0.15, 0.2) is 12.5 Å². The summed E-state index contributed by atoms with van der Waals surface area (Å²) in [5.74, 6) is -0.374. The molecule has 1 heterocycles. The number of esters is 1. The molecule has 0 aliphatic carbocycles. The van der Waals surface area contributed by atoms with Gasteiger partial charge in [-0.1, -0.05) is 0 Å². The minimum atomic E-state index is -0.621. The van der Waals surface area contributed by atoms with Crippen LogP contribution in [0.25, 0.3) is 0 Å². The molecule has 8 heteroatoms. The van der Waals surface area contributed by atoms with E-state index in [1.54, 1.807) is 20.8 Å². The number of hydrogen-bond acceptors (Lipinski definition) is 5. The molecule has 0 radical (unpaired) electrons. The molecule has 0 atom stereocenters. The Balaban J connectivity index is 0.00000289.